The van der Waals surface area contributed by atoms with E-state index in [1.165, 1.54) is 0 Å². The summed E-state index contributed by atoms with van der Waals surface area (Å²) >= 11 is 0. The Morgan fingerprint density at radius 1 is 1.00 bits per heavy atom. The number of fused-ring (bicyclic) bond motifs is 3. The number of allylic oxidation sites excluding steroid dienone is 4. The van der Waals surface area contributed by atoms with Gasteiger partial charge in [-0.05, 0) is 24.3 Å². The van der Waals surface area contributed by atoms with Crippen molar-refractivity contribution in [2.75, 3.05) is 0 Å². The van der Waals surface area contributed by atoms with Crippen LogP contribution >= 0.6 is 0 Å². The van der Waals surface area contributed by atoms with Crippen molar-refractivity contribution in [1.82, 2.24) is 9.97 Å². The summed E-state index contributed by atoms with van der Waals surface area (Å²) in [6.07, 6.45) is 6.92. The summed E-state index contributed by atoms with van der Waals surface area (Å²) in [5.74, 6) is -0.160. The first-order valence-electron chi connectivity index (χ1n) is 6.90. The van der Waals surface area contributed by atoms with Crippen molar-refractivity contribution >= 4 is 27.6 Å². The lowest BCUT2D eigenvalue weighted by Gasteiger charge is -2.05. The number of carbonyl (C=O) groups is 1. The molecule has 0 aliphatic heterocycles. The van der Waals surface area contributed by atoms with Crippen LogP contribution in [-0.4, -0.2) is 15.8 Å². The van der Waals surface area contributed by atoms with Crippen molar-refractivity contribution < 1.29 is 4.79 Å². The van der Waals surface area contributed by atoms with Gasteiger partial charge in [-0.15, -0.1) is 0 Å². The lowest BCUT2D eigenvalue weighted by Crippen LogP contribution is -2.04. The number of benzene rings is 1. The highest BCUT2D eigenvalue weighted by Crippen LogP contribution is 2.23. The second-order valence-electron chi connectivity index (χ2n) is 4.95. The normalized spacial score (nSPS) is 12.8. The van der Waals surface area contributed by atoms with Crippen LogP contribution in [-0.2, 0) is 0 Å². The molecule has 0 spiro atoms. The Bertz CT molecular complexity index is 1060. The van der Waals surface area contributed by atoms with Crippen LogP contribution < -0.4 is 0 Å². The molecule has 0 saturated carbocycles. The molecule has 0 fully saturated rings. The zero-order valence-corrected chi connectivity index (χ0v) is 11.6. The van der Waals surface area contributed by atoms with E-state index in [-0.39, 0.29) is 5.78 Å². The molecule has 0 unspecified atom stereocenters. The molecule has 0 bridgehead atoms. The molecule has 0 amide bonds. The monoisotopic (exact) mass is 282 g/mol. The highest BCUT2D eigenvalue weighted by Gasteiger charge is 2.13. The number of rotatable bonds is 2. The lowest BCUT2D eigenvalue weighted by atomic mass is 10.1. The summed E-state index contributed by atoms with van der Waals surface area (Å²) in [5.41, 5.74) is 8.01. The Morgan fingerprint density at radius 3 is 2.64 bits per heavy atom. The molecule has 0 atom stereocenters. The van der Waals surface area contributed by atoms with Crippen LogP contribution in [0.4, 0.5) is 0 Å². The molecular formula is C19H10N2O. The number of Topliss-reactive ketones (excluding diaryl/α,β-unsaturated/α-hetero) is 1. The molecule has 3 heteroatoms. The quantitative estimate of drug-likeness (QED) is 0.408. The molecule has 0 N–H and O–H groups in total. The second-order valence-corrected chi connectivity index (χ2v) is 4.95. The van der Waals surface area contributed by atoms with Crippen molar-refractivity contribution in [3.05, 3.63) is 83.6 Å². The minimum atomic E-state index is -0.160. The molecule has 0 saturated heterocycles. The van der Waals surface area contributed by atoms with Crippen LogP contribution in [0.15, 0.2) is 77.9 Å². The smallest absolute Gasteiger partial charge is 0.219 e. The Morgan fingerprint density at radius 2 is 1.82 bits per heavy atom. The second kappa shape index (κ2) is 4.94. The number of hydrogen-bond acceptors (Lipinski definition) is 3. The van der Waals surface area contributed by atoms with Crippen LogP contribution in [0.2, 0.25) is 0 Å². The molecule has 4 rings (SSSR count). The van der Waals surface area contributed by atoms with Gasteiger partial charge in [-0.3, -0.25) is 9.78 Å². The zero-order valence-electron chi connectivity index (χ0n) is 11.6. The predicted octanol–water partition coefficient (Wildman–Crippen LogP) is 3.77. The third kappa shape index (κ3) is 1.99. The number of ketones is 1. The molecule has 1 aliphatic carbocycles. The first-order chi connectivity index (χ1) is 10.8. The SMILES string of the molecule is O=C(C1=C=C=CC=C1)c1ccc2ccc3cccnc3c2n1. The van der Waals surface area contributed by atoms with E-state index < -0.39 is 0 Å². The zero-order chi connectivity index (χ0) is 14.9. The van der Waals surface area contributed by atoms with Crippen molar-refractivity contribution in [3.8, 4) is 0 Å². The molecular weight excluding hydrogens is 272 g/mol. The number of nitrogens with zero attached hydrogens (tertiary/aromatic N) is 2. The third-order valence-electron chi connectivity index (χ3n) is 3.56. The standard InChI is InChI=1S/C19H10N2O/c22-19(15-5-2-1-3-6-15)16-11-10-14-9-8-13-7-4-12-20-17(13)18(14)21-16/h1-2,4-5,7-12H. The van der Waals surface area contributed by atoms with Gasteiger partial charge in [0.05, 0.1) is 16.6 Å². The fraction of sp³-hybridized carbons (Fsp3) is 0. The average Bonchev–Trinajstić information content (AvgIpc) is 2.61. The molecule has 1 aliphatic rings. The van der Waals surface area contributed by atoms with Gasteiger partial charge in [-0.25, -0.2) is 4.98 Å². The number of aromatic nitrogens is 2. The summed E-state index contributed by atoms with van der Waals surface area (Å²) in [5, 5.41) is 1.97. The maximum absolute atomic E-state index is 12.5. The highest BCUT2D eigenvalue weighted by atomic mass is 16.1. The van der Waals surface area contributed by atoms with E-state index in [0.29, 0.717) is 11.3 Å². The Kier molecular flexibility index (Phi) is 2.80. The van der Waals surface area contributed by atoms with Crippen LogP contribution in [0.1, 0.15) is 10.5 Å². The maximum atomic E-state index is 12.5. The summed E-state index contributed by atoms with van der Waals surface area (Å²) in [4.78, 5) is 21.4. The van der Waals surface area contributed by atoms with Crippen molar-refractivity contribution in [2.45, 2.75) is 0 Å². The van der Waals surface area contributed by atoms with Gasteiger partial charge < -0.3 is 0 Å². The lowest BCUT2D eigenvalue weighted by molar-refractivity contribution is 0.103. The highest BCUT2D eigenvalue weighted by molar-refractivity contribution is 6.11. The number of pyridine rings is 2. The molecule has 22 heavy (non-hydrogen) atoms. The van der Waals surface area contributed by atoms with Gasteiger partial charge >= 0.3 is 0 Å². The molecule has 2 aromatic heterocycles. The van der Waals surface area contributed by atoms with E-state index in [0.717, 1.165) is 21.8 Å². The van der Waals surface area contributed by atoms with E-state index in [4.69, 9.17) is 0 Å². The molecule has 3 aromatic rings. The van der Waals surface area contributed by atoms with Gasteiger partial charge in [-0.1, -0.05) is 41.8 Å². The van der Waals surface area contributed by atoms with Crippen LogP contribution in [0.5, 0.6) is 0 Å². The molecule has 3 nitrogen and oxygen atoms in total. The van der Waals surface area contributed by atoms with Gasteiger partial charge in [0.15, 0.2) is 0 Å². The minimum absolute atomic E-state index is 0.160. The van der Waals surface area contributed by atoms with Crippen LogP contribution in [0.25, 0.3) is 21.8 Å². The number of hydrogen-bond donors (Lipinski definition) is 0. The fourth-order valence-electron chi connectivity index (χ4n) is 2.47. The Balaban J connectivity index is 1.95. The van der Waals surface area contributed by atoms with E-state index in [9.17, 15) is 4.79 Å². The third-order valence-corrected chi connectivity index (χ3v) is 3.56. The minimum Gasteiger partial charge on any atom is -0.286 e. The summed E-state index contributed by atoms with van der Waals surface area (Å²) < 4.78 is 0. The summed E-state index contributed by atoms with van der Waals surface area (Å²) in [7, 11) is 0. The average molecular weight is 282 g/mol. The predicted molar refractivity (Wildman–Crippen MR) is 85.6 cm³/mol. The van der Waals surface area contributed by atoms with E-state index in [1.54, 1.807) is 30.5 Å². The van der Waals surface area contributed by atoms with Crippen molar-refractivity contribution in [3.63, 3.8) is 0 Å². The van der Waals surface area contributed by atoms with E-state index >= 15 is 0 Å². The van der Waals surface area contributed by atoms with Gasteiger partial charge in [-0.2, -0.15) is 0 Å². The number of carbonyl (C=O) groups excluding carboxylic acids is 1. The van der Waals surface area contributed by atoms with Crippen LogP contribution in [0, 0.1) is 0 Å². The summed E-state index contributed by atoms with van der Waals surface area (Å²) in [6, 6.07) is 11.5. The van der Waals surface area contributed by atoms with E-state index in [2.05, 4.69) is 21.4 Å². The van der Waals surface area contributed by atoms with Crippen LogP contribution in [0.3, 0.4) is 0 Å². The Hall–Kier alpha value is -3.25. The molecule has 1 aromatic carbocycles. The first kappa shape index (κ1) is 12.5. The van der Waals surface area contributed by atoms with Crippen molar-refractivity contribution in [2.24, 2.45) is 0 Å². The van der Waals surface area contributed by atoms with Gasteiger partial charge in [0, 0.05) is 17.0 Å². The summed E-state index contributed by atoms with van der Waals surface area (Å²) in [6.45, 7) is 0. The molecule has 0 radical (unpaired) electrons. The topological polar surface area (TPSA) is 42.9 Å². The van der Waals surface area contributed by atoms with E-state index in [1.807, 2.05) is 30.3 Å². The van der Waals surface area contributed by atoms with Crippen molar-refractivity contribution in [1.29, 1.82) is 0 Å². The Labute approximate surface area is 126 Å². The van der Waals surface area contributed by atoms with Gasteiger partial charge in [0.1, 0.15) is 5.69 Å². The van der Waals surface area contributed by atoms with Gasteiger partial charge in [0.25, 0.3) is 0 Å². The first-order valence-corrected chi connectivity index (χ1v) is 6.90. The molecule has 102 valence electrons. The molecule has 2 heterocycles. The maximum Gasteiger partial charge on any atom is 0.219 e. The largest absolute Gasteiger partial charge is 0.286 e. The van der Waals surface area contributed by atoms with Gasteiger partial charge in [0.2, 0.25) is 5.78 Å². The fourth-order valence-corrected chi connectivity index (χ4v) is 2.47.